The molecule has 0 spiro atoms. The van der Waals surface area contributed by atoms with Crippen molar-refractivity contribution in [3.05, 3.63) is 24.3 Å². The molecule has 1 unspecified atom stereocenters. The number of nitrogens with one attached hydrogen (secondary N) is 1. The maximum absolute atomic E-state index is 11.7. The standard InChI is InChI=1S/C14H21NO3/c1-3-10-18-13-7-5-4-6-12(13)15-14(17)9-8-11(2)16/h4-7,11,16H,3,8-10H2,1-2H3,(H,15,17). The molecular formula is C14H21NO3. The Kier molecular flexibility index (Phi) is 6.22. The summed E-state index contributed by atoms with van der Waals surface area (Å²) >= 11 is 0. The Morgan fingerprint density at radius 2 is 2.17 bits per heavy atom. The van der Waals surface area contributed by atoms with Gasteiger partial charge in [0.2, 0.25) is 5.91 Å². The van der Waals surface area contributed by atoms with Crippen molar-refractivity contribution in [1.29, 1.82) is 0 Å². The summed E-state index contributed by atoms with van der Waals surface area (Å²) in [7, 11) is 0. The van der Waals surface area contributed by atoms with E-state index in [4.69, 9.17) is 9.84 Å². The van der Waals surface area contributed by atoms with Crippen molar-refractivity contribution in [3.8, 4) is 5.75 Å². The van der Waals surface area contributed by atoms with Crippen molar-refractivity contribution in [2.45, 2.75) is 39.2 Å². The fraction of sp³-hybridized carbons (Fsp3) is 0.500. The molecule has 0 aliphatic carbocycles. The first-order valence-corrected chi connectivity index (χ1v) is 6.33. The summed E-state index contributed by atoms with van der Waals surface area (Å²) in [4.78, 5) is 11.7. The fourth-order valence-electron chi connectivity index (χ4n) is 1.46. The molecular weight excluding hydrogens is 230 g/mol. The zero-order valence-corrected chi connectivity index (χ0v) is 11.0. The maximum atomic E-state index is 11.7. The van der Waals surface area contributed by atoms with Crippen LogP contribution in [0.1, 0.15) is 33.1 Å². The van der Waals surface area contributed by atoms with Crippen molar-refractivity contribution >= 4 is 11.6 Å². The first kappa shape index (κ1) is 14.5. The summed E-state index contributed by atoms with van der Waals surface area (Å²) in [6.07, 6.45) is 1.23. The highest BCUT2D eigenvalue weighted by Crippen LogP contribution is 2.24. The maximum Gasteiger partial charge on any atom is 0.224 e. The monoisotopic (exact) mass is 251 g/mol. The third-order valence-corrected chi connectivity index (χ3v) is 2.41. The minimum Gasteiger partial charge on any atom is -0.491 e. The van der Waals surface area contributed by atoms with Crippen LogP contribution in [0, 0.1) is 0 Å². The molecule has 1 aromatic carbocycles. The van der Waals surface area contributed by atoms with Gasteiger partial charge >= 0.3 is 0 Å². The number of carbonyl (C=O) groups is 1. The number of hydrogen-bond acceptors (Lipinski definition) is 3. The number of anilines is 1. The molecule has 0 aliphatic rings. The van der Waals surface area contributed by atoms with Gasteiger partial charge in [-0.1, -0.05) is 19.1 Å². The van der Waals surface area contributed by atoms with E-state index in [-0.39, 0.29) is 5.91 Å². The normalized spacial score (nSPS) is 11.9. The molecule has 0 saturated carbocycles. The van der Waals surface area contributed by atoms with E-state index in [2.05, 4.69) is 5.32 Å². The lowest BCUT2D eigenvalue weighted by Crippen LogP contribution is -2.14. The van der Waals surface area contributed by atoms with Gasteiger partial charge in [0.1, 0.15) is 5.75 Å². The average molecular weight is 251 g/mol. The fourth-order valence-corrected chi connectivity index (χ4v) is 1.46. The smallest absolute Gasteiger partial charge is 0.224 e. The molecule has 1 amide bonds. The summed E-state index contributed by atoms with van der Waals surface area (Å²) in [6.45, 7) is 4.33. The summed E-state index contributed by atoms with van der Waals surface area (Å²) in [5.74, 6) is 0.577. The van der Waals surface area contributed by atoms with E-state index in [1.807, 2.05) is 31.2 Å². The van der Waals surface area contributed by atoms with Crippen LogP contribution in [-0.2, 0) is 4.79 Å². The summed E-state index contributed by atoms with van der Waals surface area (Å²) in [5, 5.41) is 11.9. The first-order valence-electron chi connectivity index (χ1n) is 6.33. The molecule has 0 heterocycles. The molecule has 1 aromatic rings. The van der Waals surface area contributed by atoms with Gasteiger partial charge in [0.15, 0.2) is 0 Å². The molecule has 1 atom stereocenters. The van der Waals surface area contributed by atoms with Gasteiger partial charge in [-0.25, -0.2) is 0 Å². The van der Waals surface area contributed by atoms with Crippen LogP contribution in [0.4, 0.5) is 5.69 Å². The zero-order chi connectivity index (χ0) is 13.4. The van der Waals surface area contributed by atoms with Crippen LogP contribution in [-0.4, -0.2) is 23.7 Å². The van der Waals surface area contributed by atoms with E-state index < -0.39 is 6.10 Å². The van der Waals surface area contributed by atoms with Gasteiger partial charge in [-0.15, -0.1) is 0 Å². The van der Waals surface area contributed by atoms with E-state index in [0.717, 1.165) is 6.42 Å². The van der Waals surface area contributed by atoms with Crippen LogP contribution in [0.5, 0.6) is 5.75 Å². The van der Waals surface area contributed by atoms with Gasteiger partial charge in [0.25, 0.3) is 0 Å². The van der Waals surface area contributed by atoms with Crippen LogP contribution >= 0.6 is 0 Å². The molecule has 18 heavy (non-hydrogen) atoms. The molecule has 4 nitrogen and oxygen atoms in total. The van der Waals surface area contributed by atoms with Crippen LogP contribution < -0.4 is 10.1 Å². The van der Waals surface area contributed by atoms with Crippen LogP contribution in [0.25, 0.3) is 0 Å². The zero-order valence-electron chi connectivity index (χ0n) is 11.0. The predicted octanol–water partition coefficient (Wildman–Crippen LogP) is 2.57. The molecule has 1 rings (SSSR count). The van der Waals surface area contributed by atoms with Crippen LogP contribution in [0.2, 0.25) is 0 Å². The van der Waals surface area contributed by atoms with E-state index in [9.17, 15) is 4.79 Å². The number of para-hydroxylation sites is 2. The first-order chi connectivity index (χ1) is 8.63. The second-order valence-corrected chi connectivity index (χ2v) is 4.28. The lowest BCUT2D eigenvalue weighted by atomic mass is 10.2. The average Bonchev–Trinajstić information content (AvgIpc) is 2.35. The number of ether oxygens (including phenoxy) is 1. The molecule has 0 bridgehead atoms. The topological polar surface area (TPSA) is 58.6 Å². The molecule has 100 valence electrons. The molecule has 0 aromatic heterocycles. The van der Waals surface area contributed by atoms with E-state index in [0.29, 0.717) is 30.9 Å². The number of hydrogen-bond donors (Lipinski definition) is 2. The molecule has 2 N–H and O–H groups in total. The number of rotatable bonds is 7. The molecule has 0 aliphatic heterocycles. The van der Waals surface area contributed by atoms with Crippen molar-refractivity contribution < 1.29 is 14.6 Å². The van der Waals surface area contributed by atoms with Crippen molar-refractivity contribution in [2.75, 3.05) is 11.9 Å². The summed E-state index contributed by atoms with van der Waals surface area (Å²) < 4.78 is 5.55. The molecule has 0 radical (unpaired) electrons. The number of carbonyl (C=O) groups excluding carboxylic acids is 1. The quantitative estimate of drug-likeness (QED) is 0.783. The number of aliphatic hydroxyl groups is 1. The third kappa shape index (κ3) is 5.19. The number of aliphatic hydroxyl groups excluding tert-OH is 1. The molecule has 4 heteroatoms. The Morgan fingerprint density at radius 1 is 1.44 bits per heavy atom. The Balaban J connectivity index is 2.57. The Bertz CT molecular complexity index is 377. The van der Waals surface area contributed by atoms with E-state index in [1.54, 1.807) is 6.92 Å². The minimum absolute atomic E-state index is 0.108. The van der Waals surface area contributed by atoms with Crippen LogP contribution in [0.15, 0.2) is 24.3 Å². The van der Waals surface area contributed by atoms with Gasteiger partial charge in [-0.05, 0) is 31.9 Å². The van der Waals surface area contributed by atoms with Gasteiger partial charge in [0.05, 0.1) is 18.4 Å². The second-order valence-electron chi connectivity index (χ2n) is 4.28. The van der Waals surface area contributed by atoms with E-state index >= 15 is 0 Å². The van der Waals surface area contributed by atoms with Gasteiger partial charge < -0.3 is 15.2 Å². The number of benzene rings is 1. The van der Waals surface area contributed by atoms with Crippen molar-refractivity contribution in [3.63, 3.8) is 0 Å². The van der Waals surface area contributed by atoms with Crippen LogP contribution in [0.3, 0.4) is 0 Å². The molecule has 0 fully saturated rings. The highest BCUT2D eigenvalue weighted by atomic mass is 16.5. The van der Waals surface area contributed by atoms with Gasteiger partial charge in [0, 0.05) is 6.42 Å². The lowest BCUT2D eigenvalue weighted by molar-refractivity contribution is -0.116. The van der Waals surface area contributed by atoms with Gasteiger partial charge in [-0.2, -0.15) is 0 Å². The Morgan fingerprint density at radius 3 is 2.83 bits per heavy atom. The summed E-state index contributed by atoms with van der Waals surface area (Å²) in [5.41, 5.74) is 0.682. The highest BCUT2D eigenvalue weighted by molar-refractivity contribution is 5.92. The minimum atomic E-state index is -0.456. The van der Waals surface area contributed by atoms with Crippen molar-refractivity contribution in [1.82, 2.24) is 0 Å². The Hall–Kier alpha value is -1.55. The highest BCUT2D eigenvalue weighted by Gasteiger charge is 2.08. The third-order valence-electron chi connectivity index (χ3n) is 2.41. The lowest BCUT2D eigenvalue weighted by Gasteiger charge is -2.12. The number of amides is 1. The second kappa shape index (κ2) is 7.71. The molecule has 0 saturated heterocycles. The summed E-state index contributed by atoms with van der Waals surface area (Å²) in [6, 6.07) is 7.37. The Labute approximate surface area is 108 Å². The van der Waals surface area contributed by atoms with Gasteiger partial charge in [-0.3, -0.25) is 4.79 Å². The predicted molar refractivity (Wildman–Crippen MR) is 71.8 cm³/mol. The SMILES string of the molecule is CCCOc1ccccc1NC(=O)CCC(C)O. The van der Waals surface area contributed by atoms with Crippen molar-refractivity contribution in [2.24, 2.45) is 0 Å². The van der Waals surface area contributed by atoms with E-state index in [1.165, 1.54) is 0 Å². The largest absolute Gasteiger partial charge is 0.491 e.